The molecule has 5 nitrogen and oxygen atoms in total. The summed E-state index contributed by atoms with van der Waals surface area (Å²) in [6.07, 6.45) is 0. The van der Waals surface area contributed by atoms with Crippen molar-refractivity contribution in [1.82, 2.24) is 0 Å². The molecule has 0 spiro atoms. The predicted molar refractivity (Wildman–Crippen MR) is 102 cm³/mol. The summed E-state index contributed by atoms with van der Waals surface area (Å²) < 4.78 is 16.4. The largest absolute Gasteiger partial charge is 0.494 e. The van der Waals surface area contributed by atoms with Gasteiger partial charge in [-0.25, -0.2) is 0 Å². The maximum atomic E-state index is 10.3. The highest BCUT2D eigenvalue weighted by atomic mass is 32.1. The van der Waals surface area contributed by atoms with Crippen molar-refractivity contribution in [2.45, 2.75) is 27.4 Å². The molecule has 0 amide bonds. The summed E-state index contributed by atoms with van der Waals surface area (Å²) in [5.74, 6) is 1.43. The van der Waals surface area contributed by atoms with E-state index in [-0.39, 0.29) is 11.8 Å². The first-order valence-electron chi connectivity index (χ1n) is 7.99. The third kappa shape index (κ3) is 4.84. The minimum Gasteiger partial charge on any atom is -0.494 e. The summed E-state index contributed by atoms with van der Waals surface area (Å²) in [6.45, 7) is 6.73. The standard InChI is InChI=1S/C19H23NO4S/c1-5-23-16-8-7-15(17(11-16)20(21)19(25)22-4)12-24-18-9-6-13(2)10-14(18)3/h6-11,21H,5,12H2,1-4H3. The van der Waals surface area contributed by atoms with E-state index in [1.807, 2.05) is 45.0 Å². The molecule has 2 aromatic rings. The fraction of sp³-hybridized carbons (Fsp3) is 0.316. The second kappa shape index (κ2) is 8.69. The fourth-order valence-corrected chi connectivity index (χ4v) is 2.52. The second-order valence-electron chi connectivity index (χ2n) is 5.56. The number of thiocarbonyl (C=S) groups is 1. The Labute approximate surface area is 153 Å². The van der Waals surface area contributed by atoms with Gasteiger partial charge >= 0.3 is 0 Å². The first-order chi connectivity index (χ1) is 12.0. The quantitative estimate of drug-likeness (QED) is 0.608. The molecule has 0 saturated heterocycles. The maximum Gasteiger partial charge on any atom is 0.288 e. The van der Waals surface area contributed by atoms with E-state index < -0.39 is 0 Å². The summed E-state index contributed by atoms with van der Waals surface area (Å²) in [4.78, 5) is 0. The Morgan fingerprint density at radius 2 is 1.88 bits per heavy atom. The topological polar surface area (TPSA) is 51.2 Å². The minimum atomic E-state index is -0.0542. The molecule has 134 valence electrons. The van der Waals surface area contributed by atoms with Crippen LogP contribution in [0.3, 0.4) is 0 Å². The van der Waals surface area contributed by atoms with Crippen LogP contribution in [0.15, 0.2) is 36.4 Å². The molecule has 2 aromatic carbocycles. The van der Waals surface area contributed by atoms with Crippen molar-refractivity contribution in [3.8, 4) is 11.5 Å². The Morgan fingerprint density at radius 3 is 2.52 bits per heavy atom. The van der Waals surface area contributed by atoms with Gasteiger partial charge in [-0.3, -0.25) is 5.21 Å². The molecule has 6 heteroatoms. The van der Waals surface area contributed by atoms with Crippen LogP contribution >= 0.6 is 12.2 Å². The number of ether oxygens (including phenoxy) is 3. The first-order valence-corrected chi connectivity index (χ1v) is 8.39. The van der Waals surface area contributed by atoms with Crippen LogP contribution in [-0.4, -0.2) is 24.1 Å². The lowest BCUT2D eigenvalue weighted by atomic mass is 10.1. The summed E-state index contributed by atoms with van der Waals surface area (Å²) in [5, 5.41) is 11.1. The van der Waals surface area contributed by atoms with Crippen LogP contribution in [0, 0.1) is 13.8 Å². The summed E-state index contributed by atoms with van der Waals surface area (Å²) >= 11 is 5.01. The number of hydroxylamine groups is 1. The molecule has 1 N–H and O–H groups in total. The molecule has 0 heterocycles. The zero-order valence-electron chi connectivity index (χ0n) is 14.9. The van der Waals surface area contributed by atoms with E-state index in [0.29, 0.717) is 18.0 Å². The van der Waals surface area contributed by atoms with Gasteiger partial charge < -0.3 is 14.2 Å². The van der Waals surface area contributed by atoms with Crippen molar-refractivity contribution < 1.29 is 19.4 Å². The molecule has 0 unspecified atom stereocenters. The molecule has 0 aliphatic heterocycles. The number of hydrogen-bond donors (Lipinski definition) is 1. The van der Waals surface area contributed by atoms with Crippen LogP contribution in [0.4, 0.5) is 5.69 Å². The fourth-order valence-electron chi connectivity index (χ4n) is 2.42. The number of benzene rings is 2. The van der Waals surface area contributed by atoms with Gasteiger partial charge in [0, 0.05) is 11.6 Å². The van der Waals surface area contributed by atoms with Gasteiger partial charge in [-0.2, -0.15) is 5.06 Å². The number of aryl methyl sites for hydroxylation is 2. The molecule has 0 saturated carbocycles. The van der Waals surface area contributed by atoms with Crippen LogP contribution in [0.5, 0.6) is 11.5 Å². The summed E-state index contributed by atoms with van der Waals surface area (Å²) in [5.41, 5.74) is 3.45. The van der Waals surface area contributed by atoms with E-state index in [9.17, 15) is 5.21 Å². The highest BCUT2D eigenvalue weighted by Gasteiger charge is 2.16. The van der Waals surface area contributed by atoms with Crippen molar-refractivity contribution in [3.05, 3.63) is 53.1 Å². The zero-order valence-corrected chi connectivity index (χ0v) is 15.7. The van der Waals surface area contributed by atoms with E-state index in [0.717, 1.165) is 21.9 Å². The average molecular weight is 361 g/mol. The molecule has 25 heavy (non-hydrogen) atoms. The van der Waals surface area contributed by atoms with Gasteiger partial charge in [0.2, 0.25) is 0 Å². The zero-order chi connectivity index (χ0) is 18.4. The van der Waals surface area contributed by atoms with Crippen molar-refractivity contribution in [2.24, 2.45) is 0 Å². The van der Waals surface area contributed by atoms with Gasteiger partial charge in [-0.1, -0.05) is 17.7 Å². The Hall–Kier alpha value is -2.31. The monoisotopic (exact) mass is 361 g/mol. The molecule has 2 rings (SSSR count). The lowest BCUT2D eigenvalue weighted by molar-refractivity contribution is 0.263. The highest BCUT2D eigenvalue weighted by molar-refractivity contribution is 7.80. The van der Waals surface area contributed by atoms with E-state index in [2.05, 4.69) is 6.07 Å². The molecule has 0 bridgehead atoms. The highest BCUT2D eigenvalue weighted by Crippen LogP contribution is 2.28. The van der Waals surface area contributed by atoms with Crippen LogP contribution in [-0.2, 0) is 11.3 Å². The number of anilines is 1. The molecular formula is C19H23NO4S. The van der Waals surface area contributed by atoms with Gasteiger partial charge in [0.15, 0.2) is 0 Å². The predicted octanol–water partition coefficient (Wildman–Crippen LogP) is 4.41. The van der Waals surface area contributed by atoms with E-state index in [1.54, 1.807) is 6.07 Å². The van der Waals surface area contributed by atoms with Gasteiger partial charge in [-0.05, 0) is 56.8 Å². The van der Waals surface area contributed by atoms with Crippen LogP contribution in [0.25, 0.3) is 0 Å². The van der Waals surface area contributed by atoms with Crippen molar-refractivity contribution >= 4 is 23.1 Å². The third-order valence-electron chi connectivity index (χ3n) is 3.66. The molecule has 0 fully saturated rings. The van der Waals surface area contributed by atoms with Gasteiger partial charge in [0.25, 0.3) is 5.17 Å². The summed E-state index contributed by atoms with van der Waals surface area (Å²) in [7, 11) is 1.41. The van der Waals surface area contributed by atoms with Crippen molar-refractivity contribution in [1.29, 1.82) is 0 Å². The van der Waals surface area contributed by atoms with Crippen LogP contribution in [0.1, 0.15) is 23.6 Å². The number of nitrogens with zero attached hydrogens (tertiary/aromatic N) is 1. The van der Waals surface area contributed by atoms with Gasteiger partial charge in [-0.15, -0.1) is 0 Å². The minimum absolute atomic E-state index is 0.0542. The molecule has 0 atom stereocenters. The maximum absolute atomic E-state index is 10.3. The molecule has 0 aliphatic carbocycles. The van der Waals surface area contributed by atoms with Crippen LogP contribution in [0.2, 0.25) is 0 Å². The van der Waals surface area contributed by atoms with Crippen molar-refractivity contribution in [2.75, 3.05) is 18.8 Å². The van der Waals surface area contributed by atoms with E-state index in [1.165, 1.54) is 12.7 Å². The van der Waals surface area contributed by atoms with E-state index >= 15 is 0 Å². The Morgan fingerprint density at radius 1 is 1.12 bits per heavy atom. The lowest BCUT2D eigenvalue weighted by Gasteiger charge is -2.21. The SMILES string of the molecule is CCOc1ccc(COc2ccc(C)cc2C)c(N(O)C(=S)OC)c1. The van der Waals surface area contributed by atoms with Gasteiger partial charge in [0.1, 0.15) is 18.1 Å². The van der Waals surface area contributed by atoms with Crippen molar-refractivity contribution in [3.63, 3.8) is 0 Å². The molecule has 0 radical (unpaired) electrons. The molecular weight excluding hydrogens is 338 g/mol. The Bertz CT molecular complexity index is 748. The molecule has 0 aliphatic rings. The van der Waals surface area contributed by atoms with E-state index in [4.69, 9.17) is 26.4 Å². The average Bonchev–Trinajstić information content (AvgIpc) is 2.60. The number of methoxy groups -OCH3 is 1. The molecule has 0 aromatic heterocycles. The number of hydrogen-bond acceptors (Lipinski definition) is 5. The second-order valence-corrected chi connectivity index (χ2v) is 5.91. The smallest absolute Gasteiger partial charge is 0.288 e. The van der Waals surface area contributed by atoms with Crippen LogP contribution < -0.4 is 14.5 Å². The Kier molecular flexibility index (Phi) is 6.61. The normalized spacial score (nSPS) is 10.3. The Balaban J connectivity index is 2.27. The first kappa shape index (κ1) is 19.0. The third-order valence-corrected chi connectivity index (χ3v) is 4.00. The summed E-state index contributed by atoms with van der Waals surface area (Å²) in [6, 6.07) is 11.4. The van der Waals surface area contributed by atoms with Gasteiger partial charge in [0.05, 0.1) is 19.4 Å². The number of rotatable bonds is 6. The lowest BCUT2D eigenvalue weighted by Crippen LogP contribution is -2.27.